The molecule has 3 amide bonds. The molecule has 4 atom stereocenters. The molecule has 0 spiro atoms. The first-order valence-corrected chi connectivity index (χ1v) is 15.9. The number of nitrogens with one attached hydrogen (secondary N) is 3. The second kappa shape index (κ2) is 15.7. The summed E-state index contributed by atoms with van der Waals surface area (Å²) >= 11 is 12.1. The van der Waals surface area contributed by atoms with Crippen molar-refractivity contribution < 1.29 is 23.4 Å². The minimum atomic E-state index is -1.15. The van der Waals surface area contributed by atoms with Gasteiger partial charge in [0.1, 0.15) is 12.1 Å². The number of ketones is 1. The van der Waals surface area contributed by atoms with Crippen molar-refractivity contribution in [3.63, 3.8) is 0 Å². The summed E-state index contributed by atoms with van der Waals surface area (Å²) in [5.74, 6) is -1.77. The lowest BCUT2D eigenvalue weighted by Gasteiger charge is -2.25. The lowest BCUT2D eigenvalue weighted by Crippen LogP contribution is -2.56. The van der Waals surface area contributed by atoms with E-state index in [1.54, 1.807) is 39.0 Å². The Morgan fingerprint density at radius 3 is 2.43 bits per heavy atom. The molecule has 1 aliphatic rings. The van der Waals surface area contributed by atoms with Gasteiger partial charge in [0.25, 0.3) is 5.91 Å². The van der Waals surface area contributed by atoms with Crippen LogP contribution in [0.2, 0.25) is 10.0 Å². The number of hydrogen-bond donors (Lipinski definition) is 3. The molecule has 3 N–H and O–H groups in total. The van der Waals surface area contributed by atoms with Gasteiger partial charge in [-0.15, -0.1) is 0 Å². The zero-order chi connectivity index (χ0) is 27.5. The number of halogens is 2. The number of rotatable bonds is 14. The third-order valence-corrected chi connectivity index (χ3v) is 10.4. The lowest BCUT2D eigenvalue weighted by atomic mass is 9.98. The van der Waals surface area contributed by atoms with Gasteiger partial charge in [0.05, 0.1) is 19.9 Å². The van der Waals surface area contributed by atoms with E-state index < -0.39 is 39.5 Å². The van der Waals surface area contributed by atoms with Crippen LogP contribution in [0.1, 0.15) is 58.4 Å². The summed E-state index contributed by atoms with van der Waals surface area (Å²) in [6.07, 6.45) is 3.45. The highest BCUT2D eigenvalue weighted by atomic mass is 35.5. The maximum absolute atomic E-state index is 13.2. The van der Waals surface area contributed by atoms with E-state index >= 15 is 0 Å². The second-order valence-electron chi connectivity index (χ2n) is 9.27. The number of unbranched alkanes of at least 4 members (excludes halogenated alkanes) is 1. The average Bonchev–Trinajstić information content (AvgIpc) is 3.26. The molecule has 0 aliphatic carbocycles. The van der Waals surface area contributed by atoms with E-state index in [-0.39, 0.29) is 36.5 Å². The van der Waals surface area contributed by atoms with Gasteiger partial charge in [-0.25, -0.2) is 4.21 Å². The molecule has 0 radical (unpaired) electrons. The van der Waals surface area contributed by atoms with E-state index in [2.05, 4.69) is 16.0 Å². The molecule has 1 aromatic carbocycles. The summed E-state index contributed by atoms with van der Waals surface area (Å²) in [4.78, 5) is 50.9. The number of benzene rings is 1. The number of amides is 3. The Labute approximate surface area is 234 Å². The standard InChI is InChI=1S/C25H35Cl2N3O5S2/c1-4-28-25(34)23(32)20(14-16-9-10-18(26)19(27)13-16)29-24(33)22(15(2)3)30-21(31)8-6-5-7-17-11-12-36-37(17)35/h9-10,13,15,17,20,22H,4-8,11-12,14H2,1-3H3,(H,28,34)(H,29,33)(H,30,31)/t17?,20-,22-,37?/m0/s1. The number of hydrogen-bond acceptors (Lipinski definition) is 6. The predicted molar refractivity (Wildman–Crippen MR) is 150 cm³/mol. The van der Waals surface area contributed by atoms with Gasteiger partial charge < -0.3 is 16.0 Å². The molecule has 8 nitrogen and oxygen atoms in total. The van der Waals surface area contributed by atoms with Crippen molar-refractivity contribution in [2.24, 2.45) is 5.92 Å². The molecule has 37 heavy (non-hydrogen) atoms. The minimum absolute atomic E-state index is 0.0260. The smallest absolute Gasteiger partial charge is 0.289 e. The van der Waals surface area contributed by atoms with Crippen LogP contribution in [-0.4, -0.2) is 57.3 Å². The number of Topliss-reactive ketones (excluding diaryl/α,β-unsaturated/α-hetero) is 1. The molecule has 2 rings (SSSR count). The molecule has 1 aliphatic heterocycles. The Morgan fingerprint density at radius 2 is 1.84 bits per heavy atom. The van der Waals surface area contributed by atoms with E-state index in [4.69, 9.17) is 23.2 Å². The van der Waals surface area contributed by atoms with Crippen LogP contribution in [0.4, 0.5) is 0 Å². The summed E-state index contributed by atoms with van der Waals surface area (Å²) in [5.41, 5.74) is 0.615. The summed E-state index contributed by atoms with van der Waals surface area (Å²) in [7, 11) is 0.649. The SMILES string of the molecule is CCNC(=O)C(=O)[C@H](Cc1ccc(Cl)c(Cl)c1)NC(=O)[C@@H](NC(=O)CCCCC1CCSS1=O)C(C)C. The second-order valence-corrected chi connectivity index (χ2v) is 13.6. The Balaban J connectivity index is 2.01. The van der Waals surface area contributed by atoms with Gasteiger partial charge in [-0.05, 0) is 49.8 Å². The fourth-order valence-electron chi connectivity index (χ4n) is 3.91. The summed E-state index contributed by atoms with van der Waals surface area (Å²) < 4.78 is 11.8. The van der Waals surface area contributed by atoms with E-state index in [0.717, 1.165) is 25.0 Å². The zero-order valence-corrected chi connectivity index (χ0v) is 24.5. The molecular weight excluding hydrogens is 557 g/mol. The summed E-state index contributed by atoms with van der Waals surface area (Å²) in [5, 5.41) is 8.72. The van der Waals surface area contributed by atoms with E-state index in [1.807, 2.05) is 0 Å². The first-order chi connectivity index (χ1) is 17.5. The highest BCUT2D eigenvalue weighted by molar-refractivity contribution is 8.69. The van der Waals surface area contributed by atoms with E-state index in [0.29, 0.717) is 22.0 Å². The van der Waals surface area contributed by atoms with Gasteiger partial charge in [0.2, 0.25) is 17.6 Å². The van der Waals surface area contributed by atoms with Crippen molar-refractivity contribution in [3.05, 3.63) is 33.8 Å². The molecule has 2 unspecified atom stereocenters. The number of carbonyl (C=O) groups excluding carboxylic acids is 4. The average molecular weight is 593 g/mol. The van der Waals surface area contributed by atoms with Crippen molar-refractivity contribution in [3.8, 4) is 0 Å². The van der Waals surface area contributed by atoms with Crippen LogP contribution in [0, 0.1) is 5.92 Å². The topological polar surface area (TPSA) is 121 Å². The highest BCUT2D eigenvalue weighted by Gasteiger charge is 2.31. The van der Waals surface area contributed by atoms with Gasteiger partial charge >= 0.3 is 0 Å². The van der Waals surface area contributed by atoms with Crippen molar-refractivity contribution in [1.82, 2.24) is 16.0 Å². The van der Waals surface area contributed by atoms with Crippen LogP contribution in [0.5, 0.6) is 0 Å². The zero-order valence-electron chi connectivity index (χ0n) is 21.3. The molecule has 0 aromatic heterocycles. The molecule has 1 saturated heterocycles. The van der Waals surface area contributed by atoms with Crippen LogP contribution in [0.3, 0.4) is 0 Å². The van der Waals surface area contributed by atoms with Crippen LogP contribution in [0.25, 0.3) is 0 Å². The third-order valence-electron chi connectivity index (χ3n) is 5.97. The number of carbonyl (C=O) groups is 4. The fraction of sp³-hybridized carbons (Fsp3) is 0.600. The van der Waals surface area contributed by atoms with Crippen molar-refractivity contribution >= 4 is 67.3 Å². The fourth-order valence-corrected chi connectivity index (χ4v) is 7.72. The molecular formula is C25H35Cl2N3O5S2. The first-order valence-electron chi connectivity index (χ1n) is 12.4. The van der Waals surface area contributed by atoms with E-state index in [9.17, 15) is 23.4 Å². The van der Waals surface area contributed by atoms with Crippen LogP contribution >= 0.6 is 34.0 Å². The summed E-state index contributed by atoms with van der Waals surface area (Å²) in [6.45, 7) is 5.53. The van der Waals surface area contributed by atoms with Crippen LogP contribution < -0.4 is 16.0 Å². The van der Waals surface area contributed by atoms with Crippen molar-refractivity contribution in [2.45, 2.75) is 76.6 Å². The monoisotopic (exact) mass is 591 g/mol. The molecule has 12 heteroatoms. The Hall–Kier alpha value is -1.62. The molecule has 0 bridgehead atoms. The molecule has 1 fully saturated rings. The van der Waals surface area contributed by atoms with E-state index in [1.165, 1.54) is 10.8 Å². The molecule has 206 valence electrons. The Kier molecular flexibility index (Phi) is 13.4. The maximum Gasteiger partial charge on any atom is 0.289 e. The predicted octanol–water partition coefficient (Wildman–Crippen LogP) is 3.60. The Bertz CT molecular complexity index is 1010. The quantitative estimate of drug-likeness (QED) is 0.173. The maximum atomic E-state index is 13.2. The molecule has 0 saturated carbocycles. The minimum Gasteiger partial charge on any atom is -0.350 e. The van der Waals surface area contributed by atoms with Crippen molar-refractivity contribution in [2.75, 3.05) is 12.3 Å². The summed E-state index contributed by atoms with van der Waals surface area (Å²) in [6, 6.07) is 2.79. The molecule has 1 aromatic rings. The third kappa shape index (κ3) is 10.2. The normalized spacial score (nSPS) is 18.8. The molecule has 1 heterocycles. The highest BCUT2D eigenvalue weighted by Crippen LogP contribution is 2.29. The Morgan fingerprint density at radius 1 is 1.11 bits per heavy atom. The van der Waals surface area contributed by atoms with Crippen LogP contribution in [0.15, 0.2) is 18.2 Å². The van der Waals surface area contributed by atoms with Crippen LogP contribution in [-0.2, 0) is 35.4 Å². The first kappa shape index (κ1) is 31.6. The van der Waals surface area contributed by atoms with Gasteiger partial charge in [-0.2, -0.15) is 0 Å². The number of likely N-dealkylation sites (N-methyl/N-ethyl adjacent to an activating group) is 1. The van der Waals surface area contributed by atoms with Gasteiger partial charge in [-0.1, -0.05) is 60.3 Å². The van der Waals surface area contributed by atoms with Gasteiger partial charge in [0.15, 0.2) is 0 Å². The van der Waals surface area contributed by atoms with Crippen molar-refractivity contribution in [1.29, 1.82) is 0 Å². The van der Waals surface area contributed by atoms with Gasteiger partial charge in [-0.3, -0.25) is 19.2 Å². The largest absolute Gasteiger partial charge is 0.350 e. The van der Waals surface area contributed by atoms with Gasteiger partial charge in [0, 0.05) is 30.4 Å². The lowest BCUT2D eigenvalue weighted by molar-refractivity contribution is -0.140.